The zero-order chi connectivity index (χ0) is 15.4. The zero-order valence-corrected chi connectivity index (χ0v) is 12.3. The summed E-state index contributed by atoms with van der Waals surface area (Å²) in [5.74, 6) is 0.337. The lowest BCUT2D eigenvalue weighted by atomic mass is 10.1. The van der Waals surface area contributed by atoms with E-state index >= 15 is 0 Å². The van der Waals surface area contributed by atoms with Gasteiger partial charge in [0, 0.05) is 27.7 Å². The van der Waals surface area contributed by atoms with Gasteiger partial charge in [-0.2, -0.15) is 0 Å². The number of non-ortho nitro benzene ring substituents is 1. The average Bonchev–Trinajstić information content (AvgIpc) is 2.47. The van der Waals surface area contributed by atoms with Crippen LogP contribution in [0.4, 0.5) is 5.69 Å². The first kappa shape index (κ1) is 15.9. The monoisotopic (exact) mass is 328 g/mol. The van der Waals surface area contributed by atoms with Gasteiger partial charge in [0.25, 0.3) is 5.69 Å². The third-order valence-corrected chi connectivity index (χ3v) is 5.83. The third-order valence-electron chi connectivity index (χ3n) is 2.94. The third kappa shape index (κ3) is 3.80. The summed E-state index contributed by atoms with van der Waals surface area (Å²) >= 11 is 2.73. The minimum atomic E-state index is -1.11. The molecule has 1 fully saturated rings. The second-order valence-corrected chi connectivity index (χ2v) is 7.01. The lowest BCUT2D eigenvalue weighted by Gasteiger charge is -2.34. The Bertz CT molecular complexity index is 564. The second kappa shape index (κ2) is 7.01. The molecule has 2 rings (SSSR count). The minimum absolute atomic E-state index is 0.00213. The van der Waals surface area contributed by atoms with Crippen molar-refractivity contribution in [2.75, 3.05) is 5.75 Å². The van der Waals surface area contributed by atoms with Gasteiger partial charge in [0.15, 0.2) is 0 Å². The predicted molar refractivity (Wildman–Crippen MR) is 80.1 cm³/mol. The van der Waals surface area contributed by atoms with Gasteiger partial charge in [0.1, 0.15) is 0 Å². The molecule has 0 amide bonds. The summed E-state index contributed by atoms with van der Waals surface area (Å²) in [5.41, 5.74) is 8.57. The van der Waals surface area contributed by atoms with Gasteiger partial charge in [0.2, 0.25) is 0 Å². The predicted octanol–water partition coefficient (Wildman–Crippen LogP) is 2.16. The molecule has 21 heavy (non-hydrogen) atoms. The largest absolute Gasteiger partial charge is 0.390 e. The Morgan fingerprint density at radius 2 is 2.10 bits per heavy atom. The number of nitrogens with zero attached hydrogens (tertiary/aromatic N) is 4. The van der Waals surface area contributed by atoms with E-state index in [9.17, 15) is 20.3 Å². The van der Waals surface area contributed by atoms with E-state index in [4.69, 9.17) is 5.53 Å². The molecule has 1 heterocycles. The van der Waals surface area contributed by atoms with Crippen LogP contribution < -0.4 is 0 Å². The molecule has 2 N–H and O–H groups in total. The minimum Gasteiger partial charge on any atom is -0.390 e. The second-order valence-electron chi connectivity index (χ2n) is 4.32. The number of nitro benzene ring substituents is 1. The molecule has 1 aliphatic rings. The molecule has 10 heteroatoms. The van der Waals surface area contributed by atoms with E-state index in [1.165, 1.54) is 35.7 Å². The highest BCUT2D eigenvalue weighted by Crippen LogP contribution is 2.40. The quantitative estimate of drug-likeness (QED) is 0.286. The first-order valence-electron chi connectivity index (χ1n) is 5.96. The average molecular weight is 328 g/mol. The summed E-state index contributed by atoms with van der Waals surface area (Å²) in [7, 11) is 0. The van der Waals surface area contributed by atoms with Crippen LogP contribution in [0.1, 0.15) is 0 Å². The Balaban J connectivity index is 2.13. The number of hydrogen-bond donors (Lipinski definition) is 2. The highest BCUT2D eigenvalue weighted by atomic mass is 32.2. The molecule has 112 valence electrons. The van der Waals surface area contributed by atoms with Crippen LogP contribution in [0.15, 0.2) is 34.3 Å². The van der Waals surface area contributed by atoms with E-state index in [1.54, 1.807) is 12.1 Å². The van der Waals surface area contributed by atoms with Crippen molar-refractivity contribution in [1.29, 1.82) is 0 Å². The molecule has 0 aromatic heterocycles. The molecule has 0 radical (unpaired) electrons. The summed E-state index contributed by atoms with van der Waals surface area (Å²) in [6.07, 6.45) is -2.04. The highest BCUT2D eigenvalue weighted by Gasteiger charge is 2.38. The van der Waals surface area contributed by atoms with E-state index in [1.807, 2.05) is 0 Å². The van der Waals surface area contributed by atoms with Crippen LogP contribution in [0.5, 0.6) is 0 Å². The molecule has 8 nitrogen and oxygen atoms in total. The zero-order valence-electron chi connectivity index (χ0n) is 10.6. The van der Waals surface area contributed by atoms with Gasteiger partial charge < -0.3 is 10.2 Å². The van der Waals surface area contributed by atoms with Crippen LogP contribution in [-0.2, 0) is 0 Å². The molecule has 0 aliphatic carbocycles. The van der Waals surface area contributed by atoms with Crippen molar-refractivity contribution in [3.63, 3.8) is 0 Å². The van der Waals surface area contributed by atoms with Gasteiger partial charge in [-0.05, 0) is 17.7 Å². The van der Waals surface area contributed by atoms with Crippen molar-refractivity contribution in [2.45, 2.75) is 27.7 Å². The Morgan fingerprint density at radius 3 is 2.67 bits per heavy atom. The Hall–Kier alpha value is -1.45. The maximum atomic E-state index is 10.6. The van der Waals surface area contributed by atoms with E-state index < -0.39 is 23.2 Å². The van der Waals surface area contributed by atoms with E-state index in [2.05, 4.69) is 10.0 Å². The SMILES string of the molecule is [N-]=[N+]=N[C@H]1[C@H](Sc2ccc([N+](=O)[O-])cc2)SC[C@@H](O)[C@@H]1O. The number of hydrogen-bond acceptors (Lipinski definition) is 7. The highest BCUT2D eigenvalue weighted by molar-refractivity contribution is 8.17. The molecule has 1 aromatic carbocycles. The molecule has 0 spiro atoms. The number of rotatable bonds is 4. The fraction of sp³-hybridized carbons (Fsp3) is 0.455. The van der Waals surface area contributed by atoms with Crippen LogP contribution >= 0.6 is 23.5 Å². The molecule has 1 aromatic rings. The molecular weight excluding hydrogens is 316 g/mol. The van der Waals surface area contributed by atoms with Crippen molar-refractivity contribution in [3.05, 3.63) is 44.8 Å². The van der Waals surface area contributed by atoms with Gasteiger partial charge in [-0.15, -0.1) is 23.5 Å². The van der Waals surface area contributed by atoms with Crippen LogP contribution in [0.25, 0.3) is 10.4 Å². The summed E-state index contributed by atoms with van der Waals surface area (Å²) in [6.45, 7) is 0. The van der Waals surface area contributed by atoms with Gasteiger partial charge in [-0.3, -0.25) is 10.1 Å². The lowest BCUT2D eigenvalue weighted by molar-refractivity contribution is -0.384. The van der Waals surface area contributed by atoms with Crippen molar-refractivity contribution < 1.29 is 15.1 Å². The van der Waals surface area contributed by atoms with Crippen LogP contribution in [0.3, 0.4) is 0 Å². The maximum absolute atomic E-state index is 10.6. The Labute approximate surface area is 128 Å². The molecule has 1 aliphatic heterocycles. The molecule has 0 bridgehead atoms. The van der Waals surface area contributed by atoms with Crippen molar-refractivity contribution in [2.24, 2.45) is 5.11 Å². The van der Waals surface area contributed by atoms with Gasteiger partial charge in [0.05, 0.1) is 27.8 Å². The fourth-order valence-corrected chi connectivity index (χ4v) is 4.60. The summed E-state index contributed by atoms with van der Waals surface area (Å²) < 4.78 is -0.263. The number of aliphatic hydroxyl groups excluding tert-OH is 2. The number of aliphatic hydroxyl groups is 2. The van der Waals surface area contributed by atoms with E-state index in [0.29, 0.717) is 5.75 Å². The number of nitro groups is 1. The maximum Gasteiger partial charge on any atom is 0.269 e. The van der Waals surface area contributed by atoms with E-state index in [0.717, 1.165) is 4.90 Å². The first-order chi connectivity index (χ1) is 10.0. The number of azide groups is 1. The Kier molecular flexibility index (Phi) is 5.32. The Morgan fingerprint density at radius 1 is 1.43 bits per heavy atom. The van der Waals surface area contributed by atoms with E-state index in [-0.39, 0.29) is 10.3 Å². The number of benzene rings is 1. The standard InChI is InChI=1S/C11H12N4O4S2/c12-14-13-9-10(17)8(16)5-20-11(9)21-7-3-1-6(2-4-7)15(18)19/h1-4,8-11,16-17H,5H2/t8-,9-,10+,11+/m1/s1. The van der Waals surface area contributed by atoms with Crippen LogP contribution in [0, 0.1) is 10.1 Å². The summed E-state index contributed by atoms with van der Waals surface area (Å²) in [5, 5.41) is 33.7. The molecule has 1 saturated heterocycles. The van der Waals surface area contributed by atoms with Crippen LogP contribution in [-0.4, -0.2) is 43.7 Å². The van der Waals surface area contributed by atoms with Gasteiger partial charge in [-0.1, -0.05) is 5.11 Å². The van der Waals surface area contributed by atoms with Crippen molar-refractivity contribution in [3.8, 4) is 0 Å². The molecule has 4 atom stereocenters. The normalized spacial score (nSPS) is 28.7. The summed E-state index contributed by atoms with van der Waals surface area (Å²) in [6, 6.07) is 5.23. The molecule has 0 saturated carbocycles. The fourth-order valence-electron chi connectivity index (χ4n) is 1.85. The lowest BCUT2D eigenvalue weighted by Crippen LogP contribution is -2.46. The summed E-state index contributed by atoms with van der Waals surface area (Å²) in [4.78, 5) is 13.6. The topological polar surface area (TPSA) is 132 Å². The molecule has 0 unspecified atom stereocenters. The van der Waals surface area contributed by atoms with Crippen molar-refractivity contribution >= 4 is 29.2 Å². The first-order valence-corrected chi connectivity index (χ1v) is 7.89. The van der Waals surface area contributed by atoms with Gasteiger partial charge >= 0.3 is 0 Å². The molecular formula is C11H12N4O4S2. The van der Waals surface area contributed by atoms with Crippen LogP contribution in [0.2, 0.25) is 0 Å². The smallest absolute Gasteiger partial charge is 0.269 e. The van der Waals surface area contributed by atoms with Crippen molar-refractivity contribution in [1.82, 2.24) is 0 Å². The number of thioether (sulfide) groups is 2. The van der Waals surface area contributed by atoms with Gasteiger partial charge in [-0.25, -0.2) is 0 Å².